The first kappa shape index (κ1) is 21.2. The van der Waals surface area contributed by atoms with Gasteiger partial charge in [0.15, 0.2) is 0 Å². The molecule has 1 aromatic rings. The lowest BCUT2D eigenvalue weighted by molar-refractivity contribution is -0.142. The van der Waals surface area contributed by atoms with Crippen LogP contribution in [0.25, 0.3) is 0 Å². The number of aliphatic carboxylic acids is 1. The summed E-state index contributed by atoms with van der Waals surface area (Å²) >= 11 is 0. The van der Waals surface area contributed by atoms with Crippen molar-refractivity contribution in [3.05, 3.63) is 23.8 Å². The van der Waals surface area contributed by atoms with Gasteiger partial charge in [0.25, 0.3) is 0 Å². The number of ether oxygens (including phenoxy) is 2. The van der Waals surface area contributed by atoms with Gasteiger partial charge in [-0.1, -0.05) is 0 Å². The number of nitrogens with two attached hydrogens (primary N) is 1. The fourth-order valence-electron chi connectivity index (χ4n) is 2.33. The van der Waals surface area contributed by atoms with Crippen molar-refractivity contribution in [2.75, 3.05) is 14.2 Å². The highest BCUT2D eigenvalue weighted by molar-refractivity contribution is 5.84. The maximum absolute atomic E-state index is 11.9. The monoisotopic (exact) mass is 368 g/mol. The second-order valence-corrected chi connectivity index (χ2v) is 5.63. The lowest BCUT2D eigenvalue weighted by atomic mass is 10.0. The number of aliphatic hydroxyl groups excluding tert-OH is 1. The van der Waals surface area contributed by atoms with E-state index in [0.717, 1.165) is 0 Å². The molecule has 0 aliphatic heterocycles. The summed E-state index contributed by atoms with van der Waals surface area (Å²) in [6, 6.07) is 3.70. The number of nitrogens with one attached hydrogen (secondary N) is 1. The summed E-state index contributed by atoms with van der Waals surface area (Å²) in [4.78, 5) is 33.8. The van der Waals surface area contributed by atoms with Gasteiger partial charge < -0.3 is 30.7 Å². The highest BCUT2D eigenvalue weighted by Crippen LogP contribution is 2.31. The zero-order valence-electron chi connectivity index (χ0n) is 14.7. The molecule has 2 atom stereocenters. The minimum atomic E-state index is -1.25. The number of aliphatic hydroxyl groups is 1. The van der Waals surface area contributed by atoms with Crippen LogP contribution in [0.4, 0.5) is 0 Å². The third kappa shape index (κ3) is 6.60. The first-order chi connectivity index (χ1) is 12.3. The third-order valence-corrected chi connectivity index (χ3v) is 3.76. The average Bonchev–Trinajstić information content (AvgIpc) is 2.61. The van der Waals surface area contributed by atoms with E-state index in [2.05, 4.69) is 5.32 Å². The Bertz CT molecular complexity index is 648. The summed E-state index contributed by atoms with van der Waals surface area (Å²) in [5.41, 5.74) is 5.47. The topological polar surface area (TPSA) is 148 Å². The molecule has 9 nitrogen and oxygen atoms in total. The normalized spacial score (nSPS) is 12.7. The Hall–Kier alpha value is -2.81. The molecule has 1 aromatic carbocycles. The zero-order valence-corrected chi connectivity index (χ0v) is 14.7. The molecule has 26 heavy (non-hydrogen) atoms. The van der Waals surface area contributed by atoms with Gasteiger partial charge in [0.1, 0.15) is 17.5 Å². The average molecular weight is 368 g/mol. The van der Waals surface area contributed by atoms with Gasteiger partial charge in [-0.3, -0.25) is 9.59 Å². The van der Waals surface area contributed by atoms with Crippen LogP contribution in [0, 0.1) is 0 Å². The second-order valence-electron chi connectivity index (χ2n) is 5.63. The Labute approximate surface area is 151 Å². The van der Waals surface area contributed by atoms with Gasteiger partial charge in [0.05, 0.1) is 20.3 Å². The Kier molecular flexibility index (Phi) is 8.36. The molecule has 0 saturated carbocycles. The highest BCUT2D eigenvalue weighted by atomic mass is 16.5. The van der Waals surface area contributed by atoms with E-state index in [1.165, 1.54) is 14.2 Å². The highest BCUT2D eigenvalue weighted by Gasteiger charge is 2.22. The lowest BCUT2D eigenvalue weighted by Gasteiger charge is -2.17. The van der Waals surface area contributed by atoms with Crippen LogP contribution in [0.15, 0.2) is 18.2 Å². The van der Waals surface area contributed by atoms with Crippen LogP contribution in [-0.4, -0.2) is 48.3 Å². The van der Waals surface area contributed by atoms with Gasteiger partial charge >= 0.3 is 5.97 Å². The predicted molar refractivity (Wildman–Crippen MR) is 91.7 cm³/mol. The fraction of sp³-hybridized carbons (Fsp3) is 0.471. The van der Waals surface area contributed by atoms with E-state index < -0.39 is 29.9 Å². The standard InChI is InChI=1S/C17H24N2O7/c1-25-10-3-4-11(14(9-10)26-2)13(20)6-8-16(22)19-12(17(23)24)5-7-15(18)21/h3-4,9,12-13,20H,5-8H2,1-2H3,(H2,18,21)(H,19,22)(H,23,24). The van der Waals surface area contributed by atoms with Crippen LogP contribution in [-0.2, 0) is 14.4 Å². The van der Waals surface area contributed by atoms with Crippen molar-refractivity contribution < 1.29 is 34.1 Å². The summed E-state index contributed by atoms with van der Waals surface area (Å²) in [7, 11) is 2.96. The molecule has 1 rings (SSSR count). The van der Waals surface area contributed by atoms with Gasteiger partial charge in [0, 0.05) is 24.5 Å². The molecule has 0 aliphatic carbocycles. The van der Waals surface area contributed by atoms with E-state index in [-0.39, 0.29) is 25.7 Å². The predicted octanol–water partition coefficient (Wildman–Crippen LogP) is 0.352. The van der Waals surface area contributed by atoms with E-state index >= 15 is 0 Å². The number of carbonyl (C=O) groups excluding carboxylic acids is 2. The lowest BCUT2D eigenvalue weighted by Crippen LogP contribution is -2.41. The molecule has 5 N–H and O–H groups in total. The molecular formula is C17H24N2O7. The van der Waals surface area contributed by atoms with E-state index in [4.69, 9.17) is 20.3 Å². The van der Waals surface area contributed by atoms with E-state index in [9.17, 15) is 19.5 Å². The first-order valence-electron chi connectivity index (χ1n) is 7.99. The van der Waals surface area contributed by atoms with E-state index in [1.807, 2.05) is 0 Å². The Balaban J connectivity index is 2.63. The summed E-state index contributed by atoms with van der Waals surface area (Å²) in [5, 5.41) is 21.7. The second kappa shape index (κ2) is 10.2. The number of methoxy groups -OCH3 is 2. The molecule has 2 unspecified atom stereocenters. The van der Waals surface area contributed by atoms with Crippen molar-refractivity contribution in [1.82, 2.24) is 5.32 Å². The molecule has 9 heteroatoms. The molecule has 0 saturated heterocycles. The van der Waals surface area contributed by atoms with E-state index in [0.29, 0.717) is 17.1 Å². The van der Waals surface area contributed by atoms with Gasteiger partial charge in [-0.05, 0) is 25.0 Å². The Morgan fingerprint density at radius 2 is 1.85 bits per heavy atom. The maximum Gasteiger partial charge on any atom is 0.326 e. The summed E-state index contributed by atoms with van der Waals surface area (Å²) < 4.78 is 10.3. The molecule has 0 fully saturated rings. The summed E-state index contributed by atoms with van der Waals surface area (Å²) in [5.74, 6) is -1.46. The van der Waals surface area contributed by atoms with Gasteiger partial charge in [0.2, 0.25) is 11.8 Å². The van der Waals surface area contributed by atoms with Crippen LogP contribution in [0.5, 0.6) is 11.5 Å². The summed E-state index contributed by atoms with van der Waals surface area (Å²) in [6.45, 7) is 0. The molecule has 0 bridgehead atoms. The number of amides is 2. The Morgan fingerprint density at radius 3 is 2.38 bits per heavy atom. The van der Waals surface area contributed by atoms with Gasteiger partial charge in [-0.15, -0.1) is 0 Å². The molecule has 0 aliphatic rings. The number of hydrogen-bond donors (Lipinski definition) is 4. The third-order valence-electron chi connectivity index (χ3n) is 3.76. The van der Waals surface area contributed by atoms with Gasteiger partial charge in [-0.2, -0.15) is 0 Å². The molecule has 0 aromatic heterocycles. The van der Waals surface area contributed by atoms with E-state index in [1.54, 1.807) is 18.2 Å². The number of primary amides is 1. The summed E-state index contributed by atoms with van der Waals surface area (Å²) in [6.07, 6.45) is -1.25. The van der Waals surface area contributed by atoms with Crippen LogP contribution in [0.3, 0.4) is 0 Å². The maximum atomic E-state index is 11.9. The van der Waals surface area contributed by atoms with Crippen molar-refractivity contribution in [2.45, 2.75) is 37.8 Å². The fourth-order valence-corrected chi connectivity index (χ4v) is 2.33. The quantitative estimate of drug-likeness (QED) is 0.440. The van der Waals surface area contributed by atoms with Crippen molar-refractivity contribution in [2.24, 2.45) is 5.73 Å². The number of rotatable bonds is 11. The minimum absolute atomic E-state index is 0.0662. The van der Waals surface area contributed by atoms with Gasteiger partial charge in [-0.25, -0.2) is 4.79 Å². The van der Waals surface area contributed by atoms with Crippen LogP contribution >= 0.6 is 0 Å². The van der Waals surface area contributed by atoms with Crippen molar-refractivity contribution >= 4 is 17.8 Å². The first-order valence-corrected chi connectivity index (χ1v) is 7.99. The minimum Gasteiger partial charge on any atom is -0.497 e. The van der Waals surface area contributed by atoms with Crippen molar-refractivity contribution in [3.63, 3.8) is 0 Å². The number of carboxylic acids is 1. The molecule has 0 spiro atoms. The molecule has 144 valence electrons. The SMILES string of the molecule is COc1ccc(C(O)CCC(=O)NC(CCC(N)=O)C(=O)O)c(OC)c1. The van der Waals surface area contributed by atoms with Crippen molar-refractivity contribution in [1.29, 1.82) is 0 Å². The number of carbonyl (C=O) groups is 3. The van der Waals surface area contributed by atoms with Crippen LogP contribution in [0.1, 0.15) is 37.4 Å². The Morgan fingerprint density at radius 1 is 1.15 bits per heavy atom. The molecular weight excluding hydrogens is 344 g/mol. The zero-order chi connectivity index (χ0) is 19.7. The molecule has 2 amide bonds. The number of hydrogen-bond acceptors (Lipinski definition) is 6. The number of carboxylic acid groups (broad SMARTS) is 1. The van der Waals surface area contributed by atoms with Crippen LogP contribution in [0.2, 0.25) is 0 Å². The number of benzene rings is 1. The largest absolute Gasteiger partial charge is 0.497 e. The smallest absolute Gasteiger partial charge is 0.326 e. The van der Waals surface area contributed by atoms with Crippen LogP contribution < -0.4 is 20.5 Å². The molecule has 0 radical (unpaired) electrons. The molecule has 0 heterocycles. The van der Waals surface area contributed by atoms with Crippen molar-refractivity contribution in [3.8, 4) is 11.5 Å².